The Hall–Kier alpha value is -0.120. The Labute approximate surface area is 113 Å². The van der Waals surface area contributed by atoms with Gasteiger partial charge >= 0.3 is 0 Å². The molecule has 0 aliphatic heterocycles. The molecule has 0 aromatic rings. The molecule has 1 saturated carbocycles. The van der Waals surface area contributed by atoms with Crippen LogP contribution >= 0.6 is 0 Å². The largest absolute Gasteiger partial charge is 0.376 e. The number of rotatable bonds is 8. The molecular formula is C15H31NO2. The summed E-state index contributed by atoms with van der Waals surface area (Å²) in [6, 6.07) is 0. The smallest absolute Gasteiger partial charge is 0.0810 e. The van der Waals surface area contributed by atoms with Crippen LogP contribution in [0.3, 0.4) is 0 Å². The summed E-state index contributed by atoms with van der Waals surface area (Å²) in [5, 5.41) is 3.46. The van der Waals surface area contributed by atoms with E-state index in [1.165, 1.54) is 25.7 Å². The Morgan fingerprint density at radius 3 is 2.72 bits per heavy atom. The van der Waals surface area contributed by atoms with Gasteiger partial charge in [-0.1, -0.05) is 26.7 Å². The highest BCUT2D eigenvalue weighted by molar-refractivity contribution is 4.89. The number of nitrogens with one attached hydrogen (secondary N) is 1. The first-order valence-corrected chi connectivity index (χ1v) is 7.54. The van der Waals surface area contributed by atoms with E-state index in [-0.39, 0.29) is 5.60 Å². The van der Waals surface area contributed by atoms with Crippen molar-refractivity contribution in [2.75, 3.05) is 26.3 Å². The molecule has 108 valence electrons. The molecule has 0 aromatic heterocycles. The van der Waals surface area contributed by atoms with Crippen molar-refractivity contribution in [1.29, 1.82) is 0 Å². The van der Waals surface area contributed by atoms with Crippen LogP contribution in [0.5, 0.6) is 0 Å². The third-order valence-corrected chi connectivity index (χ3v) is 3.69. The van der Waals surface area contributed by atoms with Crippen molar-refractivity contribution >= 4 is 0 Å². The molecule has 0 saturated heterocycles. The highest BCUT2D eigenvalue weighted by Crippen LogP contribution is 2.34. The fraction of sp³-hybridized carbons (Fsp3) is 1.00. The summed E-state index contributed by atoms with van der Waals surface area (Å²) in [6.07, 6.45) is 5.30. The predicted octanol–water partition coefficient (Wildman–Crippen LogP) is 2.99. The highest BCUT2D eigenvalue weighted by atomic mass is 16.5. The van der Waals surface area contributed by atoms with Crippen molar-refractivity contribution in [1.82, 2.24) is 5.32 Å². The maximum Gasteiger partial charge on any atom is 0.0810 e. The zero-order chi connectivity index (χ0) is 13.4. The normalized spacial score (nSPS) is 28.8. The van der Waals surface area contributed by atoms with Crippen LogP contribution in [-0.4, -0.2) is 38.0 Å². The monoisotopic (exact) mass is 257 g/mol. The Morgan fingerprint density at radius 2 is 2.11 bits per heavy atom. The molecule has 0 radical (unpaired) electrons. The lowest BCUT2D eigenvalue weighted by molar-refractivity contribution is -0.0996. The number of hydrogen-bond acceptors (Lipinski definition) is 3. The Bertz CT molecular complexity index is 221. The van der Waals surface area contributed by atoms with Gasteiger partial charge in [0.25, 0.3) is 0 Å². The minimum atomic E-state index is 0.0496. The van der Waals surface area contributed by atoms with Crippen molar-refractivity contribution in [2.24, 2.45) is 5.92 Å². The molecular weight excluding hydrogens is 226 g/mol. The molecule has 1 N–H and O–H groups in total. The summed E-state index contributed by atoms with van der Waals surface area (Å²) >= 11 is 0. The molecule has 2 atom stereocenters. The van der Waals surface area contributed by atoms with Crippen LogP contribution in [0.25, 0.3) is 0 Å². The van der Waals surface area contributed by atoms with E-state index in [9.17, 15) is 0 Å². The number of hydrogen-bond donors (Lipinski definition) is 1. The molecule has 0 bridgehead atoms. The zero-order valence-corrected chi connectivity index (χ0v) is 12.6. The molecule has 1 aliphatic carbocycles. The summed E-state index contributed by atoms with van der Waals surface area (Å²) in [7, 11) is 0. The summed E-state index contributed by atoms with van der Waals surface area (Å²) in [5.74, 6) is 0.781. The summed E-state index contributed by atoms with van der Waals surface area (Å²) in [6.45, 7) is 12.1. The standard InChI is InChI=1S/C15H31NO2/c1-5-16-12-15(8-6-7-14(4)11-15)18-10-9-17-13(2)3/h13-14,16H,5-12H2,1-4H3. The molecule has 3 heteroatoms. The SMILES string of the molecule is CCNCC1(OCCOC(C)C)CCCC(C)C1. The lowest BCUT2D eigenvalue weighted by Crippen LogP contribution is -2.47. The van der Waals surface area contributed by atoms with Gasteiger partial charge in [0.05, 0.1) is 24.9 Å². The lowest BCUT2D eigenvalue weighted by atomic mass is 9.78. The Balaban J connectivity index is 2.39. The first-order chi connectivity index (χ1) is 8.58. The second kappa shape index (κ2) is 8.13. The quantitative estimate of drug-likeness (QED) is 0.678. The molecule has 1 rings (SSSR count). The van der Waals surface area contributed by atoms with Crippen molar-refractivity contribution in [3.05, 3.63) is 0 Å². The minimum Gasteiger partial charge on any atom is -0.376 e. The van der Waals surface area contributed by atoms with Crippen molar-refractivity contribution in [3.63, 3.8) is 0 Å². The molecule has 1 aliphatic rings. The van der Waals surface area contributed by atoms with Gasteiger partial charge in [0.15, 0.2) is 0 Å². The maximum atomic E-state index is 6.21. The predicted molar refractivity (Wildman–Crippen MR) is 75.9 cm³/mol. The van der Waals surface area contributed by atoms with E-state index in [0.29, 0.717) is 12.7 Å². The van der Waals surface area contributed by atoms with Crippen molar-refractivity contribution in [2.45, 2.75) is 65.1 Å². The van der Waals surface area contributed by atoms with Gasteiger partial charge in [0.1, 0.15) is 0 Å². The second-order valence-electron chi connectivity index (χ2n) is 5.93. The molecule has 3 nitrogen and oxygen atoms in total. The minimum absolute atomic E-state index is 0.0496. The fourth-order valence-corrected chi connectivity index (χ4v) is 2.85. The van der Waals surface area contributed by atoms with Gasteiger partial charge in [-0.2, -0.15) is 0 Å². The van der Waals surface area contributed by atoms with Crippen LogP contribution in [0.1, 0.15) is 53.4 Å². The van der Waals surface area contributed by atoms with E-state index in [0.717, 1.165) is 25.6 Å². The molecule has 0 heterocycles. The first kappa shape index (κ1) is 15.9. The van der Waals surface area contributed by atoms with Crippen LogP contribution in [-0.2, 0) is 9.47 Å². The van der Waals surface area contributed by atoms with Crippen LogP contribution in [0.15, 0.2) is 0 Å². The van der Waals surface area contributed by atoms with Crippen LogP contribution < -0.4 is 5.32 Å². The summed E-state index contributed by atoms with van der Waals surface area (Å²) < 4.78 is 11.8. The van der Waals surface area contributed by atoms with E-state index >= 15 is 0 Å². The third kappa shape index (κ3) is 5.68. The third-order valence-electron chi connectivity index (χ3n) is 3.69. The fourth-order valence-electron chi connectivity index (χ4n) is 2.85. The van der Waals surface area contributed by atoms with Gasteiger partial charge in [-0.3, -0.25) is 0 Å². The van der Waals surface area contributed by atoms with E-state index in [4.69, 9.17) is 9.47 Å². The van der Waals surface area contributed by atoms with E-state index in [1.54, 1.807) is 0 Å². The van der Waals surface area contributed by atoms with Crippen LogP contribution in [0, 0.1) is 5.92 Å². The zero-order valence-electron chi connectivity index (χ0n) is 12.6. The molecule has 0 spiro atoms. The molecule has 1 fully saturated rings. The van der Waals surface area contributed by atoms with Crippen LogP contribution in [0.4, 0.5) is 0 Å². The van der Waals surface area contributed by atoms with E-state index < -0.39 is 0 Å². The van der Waals surface area contributed by atoms with Gasteiger partial charge < -0.3 is 14.8 Å². The van der Waals surface area contributed by atoms with Gasteiger partial charge in [-0.05, 0) is 39.2 Å². The van der Waals surface area contributed by atoms with Gasteiger partial charge in [-0.15, -0.1) is 0 Å². The van der Waals surface area contributed by atoms with Gasteiger partial charge in [0, 0.05) is 6.54 Å². The average molecular weight is 257 g/mol. The molecule has 0 aromatic carbocycles. The van der Waals surface area contributed by atoms with Gasteiger partial charge in [0.2, 0.25) is 0 Å². The number of likely N-dealkylation sites (N-methyl/N-ethyl adjacent to an activating group) is 1. The molecule has 2 unspecified atom stereocenters. The van der Waals surface area contributed by atoms with Crippen molar-refractivity contribution < 1.29 is 9.47 Å². The highest BCUT2D eigenvalue weighted by Gasteiger charge is 2.35. The van der Waals surface area contributed by atoms with Gasteiger partial charge in [-0.25, -0.2) is 0 Å². The average Bonchev–Trinajstić information content (AvgIpc) is 2.32. The summed E-state index contributed by atoms with van der Waals surface area (Å²) in [4.78, 5) is 0. The lowest BCUT2D eigenvalue weighted by Gasteiger charge is -2.40. The molecule has 0 amide bonds. The number of ether oxygens (including phenoxy) is 2. The Kier molecular flexibility index (Phi) is 7.20. The van der Waals surface area contributed by atoms with Crippen molar-refractivity contribution in [3.8, 4) is 0 Å². The summed E-state index contributed by atoms with van der Waals surface area (Å²) in [5.41, 5.74) is 0.0496. The Morgan fingerprint density at radius 1 is 1.33 bits per heavy atom. The second-order valence-corrected chi connectivity index (χ2v) is 5.93. The van der Waals surface area contributed by atoms with E-state index in [1.807, 2.05) is 0 Å². The maximum absolute atomic E-state index is 6.21. The van der Waals surface area contributed by atoms with E-state index in [2.05, 4.69) is 33.0 Å². The van der Waals surface area contributed by atoms with Crippen LogP contribution in [0.2, 0.25) is 0 Å². The molecule has 18 heavy (non-hydrogen) atoms. The first-order valence-electron chi connectivity index (χ1n) is 7.54. The topological polar surface area (TPSA) is 30.5 Å².